The molecule has 0 saturated carbocycles. The molecular formula is C20H16BBrCl2O4. The first-order valence-corrected chi connectivity index (χ1v) is 9.60. The molecule has 0 aliphatic heterocycles. The third kappa shape index (κ3) is 7.96. The fraction of sp³-hybridized carbons (Fsp3) is 0. The maximum atomic E-state index is 8.58. The van der Waals surface area contributed by atoms with E-state index in [1.54, 1.807) is 36.4 Å². The highest BCUT2D eigenvalue weighted by atomic mass is 79.9. The van der Waals surface area contributed by atoms with Crippen LogP contribution < -0.4 is 5.46 Å². The quantitative estimate of drug-likeness (QED) is 0.362. The van der Waals surface area contributed by atoms with E-state index in [0.29, 0.717) is 20.2 Å². The van der Waals surface area contributed by atoms with Crippen LogP contribution in [-0.2, 0) is 0 Å². The van der Waals surface area contributed by atoms with Gasteiger partial charge in [-0.25, -0.2) is 0 Å². The summed E-state index contributed by atoms with van der Waals surface area (Å²) in [4.78, 5) is 0. The minimum Gasteiger partial charge on any atom is -0.463 e. The summed E-state index contributed by atoms with van der Waals surface area (Å²) >= 11 is 14.2. The zero-order valence-electron chi connectivity index (χ0n) is 14.5. The lowest BCUT2D eigenvalue weighted by Crippen LogP contribution is -2.29. The van der Waals surface area contributed by atoms with Crippen LogP contribution in [-0.4, -0.2) is 17.2 Å². The SMILES string of the molecule is Clc1coc(-c2ccccc2)c1.Clc1coc(Br)c1.OB(O)c1ccccc1. The van der Waals surface area contributed by atoms with Crippen molar-refractivity contribution in [2.45, 2.75) is 0 Å². The van der Waals surface area contributed by atoms with E-state index >= 15 is 0 Å². The molecule has 4 nitrogen and oxygen atoms in total. The molecule has 144 valence electrons. The minimum absolute atomic E-state index is 0.525. The summed E-state index contributed by atoms with van der Waals surface area (Å²) < 4.78 is 10.6. The van der Waals surface area contributed by atoms with Gasteiger partial charge in [-0.05, 0) is 21.4 Å². The van der Waals surface area contributed by atoms with Gasteiger partial charge in [0, 0.05) is 17.7 Å². The fourth-order valence-electron chi connectivity index (χ4n) is 1.98. The van der Waals surface area contributed by atoms with Gasteiger partial charge in [0.25, 0.3) is 0 Å². The molecule has 0 amide bonds. The largest absolute Gasteiger partial charge is 0.488 e. The maximum Gasteiger partial charge on any atom is 0.488 e. The van der Waals surface area contributed by atoms with Crippen molar-refractivity contribution in [2.24, 2.45) is 0 Å². The normalized spacial score (nSPS) is 9.61. The fourth-order valence-corrected chi connectivity index (χ4v) is 2.74. The Hall–Kier alpha value is -1.96. The van der Waals surface area contributed by atoms with Crippen LogP contribution in [0.4, 0.5) is 0 Å². The third-order valence-corrected chi connectivity index (χ3v) is 4.07. The second kappa shape index (κ2) is 11.8. The number of halogens is 3. The summed E-state index contributed by atoms with van der Waals surface area (Å²) in [5.41, 5.74) is 1.57. The van der Waals surface area contributed by atoms with Crippen molar-refractivity contribution in [3.63, 3.8) is 0 Å². The van der Waals surface area contributed by atoms with E-state index in [4.69, 9.17) is 42.1 Å². The summed E-state index contributed by atoms with van der Waals surface area (Å²) in [6, 6.07) is 22.0. The first kappa shape index (κ1) is 22.3. The summed E-state index contributed by atoms with van der Waals surface area (Å²) in [6.07, 6.45) is 3.00. The molecule has 4 rings (SSSR count). The van der Waals surface area contributed by atoms with Gasteiger partial charge in [0.2, 0.25) is 0 Å². The smallest absolute Gasteiger partial charge is 0.463 e. The monoisotopic (exact) mass is 480 g/mol. The van der Waals surface area contributed by atoms with E-state index in [0.717, 1.165) is 11.3 Å². The van der Waals surface area contributed by atoms with Gasteiger partial charge in [0.05, 0.1) is 10.0 Å². The van der Waals surface area contributed by atoms with Crippen LogP contribution in [0.1, 0.15) is 0 Å². The Morgan fingerprint density at radius 3 is 1.64 bits per heavy atom. The van der Waals surface area contributed by atoms with Gasteiger partial charge < -0.3 is 18.9 Å². The topological polar surface area (TPSA) is 66.7 Å². The molecule has 8 heteroatoms. The van der Waals surface area contributed by atoms with Crippen LogP contribution in [0, 0.1) is 0 Å². The first-order chi connectivity index (χ1) is 13.5. The van der Waals surface area contributed by atoms with Crippen LogP contribution in [0.15, 0.2) is 98.8 Å². The maximum absolute atomic E-state index is 8.58. The van der Waals surface area contributed by atoms with Gasteiger partial charge in [-0.1, -0.05) is 83.9 Å². The van der Waals surface area contributed by atoms with Crippen LogP contribution in [0.25, 0.3) is 11.3 Å². The van der Waals surface area contributed by atoms with Crippen molar-refractivity contribution < 1.29 is 18.9 Å². The zero-order valence-corrected chi connectivity index (χ0v) is 17.6. The Balaban J connectivity index is 0.000000157. The lowest BCUT2D eigenvalue weighted by molar-refractivity contribution is 0.426. The molecule has 2 aromatic carbocycles. The van der Waals surface area contributed by atoms with E-state index in [1.165, 1.54) is 12.5 Å². The Bertz CT molecular complexity index is 927. The molecule has 0 aliphatic carbocycles. The average molecular weight is 482 g/mol. The van der Waals surface area contributed by atoms with Gasteiger partial charge in [-0.15, -0.1) is 0 Å². The van der Waals surface area contributed by atoms with Crippen molar-refractivity contribution >= 4 is 51.7 Å². The zero-order chi connectivity index (χ0) is 20.4. The van der Waals surface area contributed by atoms with Crippen LogP contribution >= 0.6 is 39.1 Å². The minimum atomic E-state index is -1.34. The molecule has 28 heavy (non-hydrogen) atoms. The molecule has 0 bridgehead atoms. The third-order valence-electron chi connectivity index (χ3n) is 3.26. The lowest BCUT2D eigenvalue weighted by Gasteiger charge is -1.94. The number of rotatable bonds is 2. The summed E-state index contributed by atoms with van der Waals surface area (Å²) in [6.45, 7) is 0. The lowest BCUT2D eigenvalue weighted by atomic mass is 9.81. The van der Waals surface area contributed by atoms with E-state index in [-0.39, 0.29) is 0 Å². The molecule has 2 heterocycles. The number of hydrogen-bond donors (Lipinski definition) is 2. The highest BCUT2D eigenvalue weighted by Crippen LogP contribution is 2.23. The van der Waals surface area contributed by atoms with E-state index in [9.17, 15) is 0 Å². The molecule has 0 atom stereocenters. The number of benzene rings is 2. The van der Waals surface area contributed by atoms with E-state index < -0.39 is 7.12 Å². The Labute approximate surface area is 181 Å². The summed E-state index contributed by atoms with van der Waals surface area (Å²) in [5, 5.41) is 18.4. The Morgan fingerprint density at radius 1 is 0.750 bits per heavy atom. The molecule has 0 radical (unpaired) electrons. The van der Waals surface area contributed by atoms with Crippen molar-refractivity contribution in [1.82, 2.24) is 0 Å². The van der Waals surface area contributed by atoms with Gasteiger partial charge in [-0.3, -0.25) is 0 Å². The molecule has 2 aromatic heterocycles. The van der Waals surface area contributed by atoms with E-state index in [1.807, 2.05) is 36.4 Å². The van der Waals surface area contributed by atoms with Crippen molar-refractivity contribution in [2.75, 3.05) is 0 Å². The first-order valence-electron chi connectivity index (χ1n) is 8.06. The highest BCUT2D eigenvalue weighted by Gasteiger charge is 2.07. The Kier molecular flexibility index (Phi) is 9.40. The van der Waals surface area contributed by atoms with Crippen molar-refractivity contribution in [1.29, 1.82) is 0 Å². The van der Waals surface area contributed by atoms with E-state index in [2.05, 4.69) is 15.9 Å². The summed E-state index contributed by atoms with van der Waals surface area (Å²) in [5.74, 6) is 0.806. The average Bonchev–Trinajstić information content (AvgIpc) is 3.31. The molecule has 2 N–H and O–H groups in total. The van der Waals surface area contributed by atoms with Crippen molar-refractivity contribution in [3.8, 4) is 11.3 Å². The second-order valence-electron chi connectivity index (χ2n) is 5.35. The van der Waals surface area contributed by atoms with Crippen molar-refractivity contribution in [3.05, 3.63) is 100 Å². The molecule has 0 saturated heterocycles. The highest BCUT2D eigenvalue weighted by molar-refractivity contribution is 9.10. The van der Waals surface area contributed by atoms with Crippen LogP contribution in [0.2, 0.25) is 10.0 Å². The van der Waals surface area contributed by atoms with Crippen LogP contribution in [0.5, 0.6) is 0 Å². The molecule has 0 aliphatic rings. The molecular weight excluding hydrogens is 466 g/mol. The molecule has 4 aromatic rings. The molecule has 0 unspecified atom stereocenters. The number of hydrogen-bond acceptors (Lipinski definition) is 4. The Morgan fingerprint density at radius 2 is 1.29 bits per heavy atom. The van der Waals surface area contributed by atoms with Gasteiger partial charge >= 0.3 is 7.12 Å². The standard InChI is InChI=1S/C10H7ClO.C6H7BO2.C4H2BrClO/c11-9-6-10(12-7-9)8-4-2-1-3-5-8;8-7(9)6-4-2-1-3-5-6;5-4-1-3(6)2-7-4/h1-7H;1-5,8-9H;1-2H. The predicted octanol–water partition coefficient (Wildman–Crippen LogP) is 5.66. The van der Waals surface area contributed by atoms with Gasteiger partial charge in [-0.2, -0.15) is 0 Å². The predicted molar refractivity (Wildman–Crippen MR) is 117 cm³/mol. The molecule has 0 fully saturated rings. The molecule has 0 spiro atoms. The number of furan rings is 2. The van der Waals surface area contributed by atoms with Crippen LogP contribution in [0.3, 0.4) is 0 Å². The second-order valence-corrected chi connectivity index (χ2v) is 7.00. The van der Waals surface area contributed by atoms with Gasteiger partial charge in [0.1, 0.15) is 18.3 Å². The van der Waals surface area contributed by atoms with Gasteiger partial charge in [0.15, 0.2) is 4.67 Å². The summed E-state index contributed by atoms with van der Waals surface area (Å²) in [7, 11) is -1.34.